The van der Waals surface area contributed by atoms with E-state index in [9.17, 15) is 13.2 Å². The molecule has 7 rings (SSSR count). The maximum atomic E-state index is 12.6. The number of nitrogens with zero attached hydrogens (tertiary/aromatic N) is 8. The first-order chi connectivity index (χ1) is 22.6. The molecule has 0 unspecified atom stereocenters. The average molecular weight is 654 g/mol. The molecule has 1 aliphatic carbocycles. The third kappa shape index (κ3) is 6.48. The lowest BCUT2D eigenvalue weighted by Gasteiger charge is -2.15. The van der Waals surface area contributed by atoms with Crippen molar-refractivity contribution in [2.24, 2.45) is 13.0 Å². The molecule has 0 radical (unpaired) electrons. The van der Waals surface area contributed by atoms with E-state index in [-0.39, 0.29) is 17.8 Å². The summed E-state index contributed by atoms with van der Waals surface area (Å²) in [6, 6.07) is 14.6. The molecular formula is C31H31N11O4S. The van der Waals surface area contributed by atoms with Gasteiger partial charge in [-0.3, -0.25) is 24.2 Å². The molecule has 15 nitrogen and oxygen atoms in total. The Morgan fingerprint density at radius 2 is 1.87 bits per heavy atom. The van der Waals surface area contributed by atoms with E-state index < -0.39 is 10.0 Å². The molecule has 2 aromatic carbocycles. The number of hydrogen-bond acceptors (Lipinski definition) is 10. The van der Waals surface area contributed by atoms with Crippen LogP contribution in [-0.2, 0) is 28.4 Å². The first-order valence-corrected chi connectivity index (χ1v) is 16.6. The molecule has 1 aliphatic rings. The number of carbonyl (C=O) groups excluding carboxylic acids is 1. The summed E-state index contributed by atoms with van der Waals surface area (Å²) in [5.41, 5.74) is 5.04. The Hall–Kier alpha value is -5.77. The number of carbonyl (C=O) groups is 1. The van der Waals surface area contributed by atoms with Gasteiger partial charge in [0.1, 0.15) is 11.8 Å². The minimum Gasteiger partial charge on any atom is -0.494 e. The lowest BCUT2D eigenvalue weighted by Crippen LogP contribution is -2.17. The number of para-hydroxylation sites is 1. The second-order valence-electron chi connectivity index (χ2n) is 11.3. The van der Waals surface area contributed by atoms with E-state index >= 15 is 0 Å². The van der Waals surface area contributed by atoms with Crippen molar-refractivity contribution in [1.29, 1.82) is 0 Å². The van der Waals surface area contributed by atoms with Gasteiger partial charge >= 0.3 is 0 Å². The van der Waals surface area contributed by atoms with Gasteiger partial charge in [0.25, 0.3) is 0 Å². The summed E-state index contributed by atoms with van der Waals surface area (Å²) in [5, 5.41) is 19.9. The summed E-state index contributed by atoms with van der Waals surface area (Å²) in [6.07, 6.45) is 9.92. The second kappa shape index (κ2) is 11.9. The molecule has 3 N–H and O–H groups in total. The Balaban J connectivity index is 1.24. The van der Waals surface area contributed by atoms with Crippen LogP contribution in [0.4, 0.5) is 23.1 Å². The third-order valence-electron chi connectivity index (χ3n) is 7.55. The third-order valence-corrected chi connectivity index (χ3v) is 8.16. The summed E-state index contributed by atoms with van der Waals surface area (Å²) in [7, 11) is 0.0180. The van der Waals surface area contributed by atoms with Crippen molar-refractivity contribution >= 4 is 44.6 Å². The topological polar surface area (TPSA) is 175 Å². The second-order valence-corrected chi connectivity index (χ2v) is 13.1. The highest BCUT2D eigenvalue weighted by Gasteiger charge is 2.30. The maximum absolute atomic E-state index is 12.6. The van der Waals surface area contributed by atoms with Crippen LogP contribution in [0.25, 0.3) is 28.0 Å². The van der Waals surface area contributed by atoms with Gasteiger partial charge in [0.15, 0.2) is 17.4 Å². The van der Waals surface area contributed by atoms with E-state index in [0.29, 0.717) is 46.4 Å². The monoisotopic (exact) mass is 653 g/mol. The number of aromatic nitrogens is 8. The molecule has 1 fully saturated rings. The van der Waals surface area contributed by atoms with Gasteiger partial charge in [0.2, 0.25) is 21.9 Å². The lowest BCUT2D eigenvalue weighted by atomic mass is 10.1. The number of aryl methyl sites for hydroxylation is 1. The highest BCUT2D eigenvalue weighted by atomic mass is 32.2. The largest absolute Gasteiger partial charge is 0.494 e. The van der Waals surface area contributed by atoms with Gasteiger partial charge in [-0.1, -0.05) is 18.2 Å². The average Bonchev–Trinajstić information content (AvgIpc) is 3.40. The minimum absolute atomic E-state index is 0.0217. The van der Waals surface area contributed by atoms with Gasteiger partial charge in [-0.15, -0.1) is 5.10 Å². The molecule has 6 aromatic rings. The number of anilines is 4. The van der Waals surface area contributed by atoms with Crippen molar-refractivity contribution in [3.8, 4) is 28.3 Å². The quantitative estimate of drug-likeness (QED) is 0.186. The van der Waals surface area contributed by atoms with Gasteiger partial charge in [0.05, 0.1) is 37.4 Å². The molecule has 0 saturated heterocycles. The molecule has 0 spiro atoms. The molecular weight excluding hydrogens is 622 g/mol. The fourth-order valence-corrected chi connectivity index (χ4v) is 5.81. The number of fused-ring (bicyclic) bond motifs is 1. The SMILES string of the molecule is COc1c(Nc2nc(NC(=O)C3CC3)nn3ccc(-c4cnn(Cc5ccc(NS(C)(=O)=O)cc5)c4)c23)cccc1-c1ncn(C)n1. The highest BCUT2D eigenvalue weighted by Crippen LogP contribution is 2.39. The van der Waals surface area contributed by atoms with E-state index in [1.165, 1.54) is 0 Å². The zero-order valence-electron chi connectivity index (χ0n) is 25.7. The number of benzene rings is 2. The number of sulfonamides is 1. The van der Waals surface area contributed by atoms with Crippen molar-refractivity contribution in [3.05, 3.63) is 79.0 Å². The predicted octanol–water partition coefficient (Wildman–Crippen LogP) is 3.91. The Labute approximate surface area is 269 Å². The summed E-state index contributed by atoms with van der Waals surface area (Å²) in [4.78, 5) is 21.8. The molecule has 4 heterocycles. The van der Waals surface area contributed by atoms with Crippen molar-refractivity contribution in [1.82, 2.24) is 39.1 Å². The summed E-state index contributed by atoms with van der Waals surface area (Å²) < 4.78 is 36.5. The number of rotatable bonds is 11. The zero-order valence-corrected chi connectivity index (χ0v) is 26.6. The summed E-state index contributed by atoms with van der Waals surface area (Å²) >= 11 is 0. The van der Waals surface area contributed by atoms with Crippen LogP contribution in [-0.4, -0.2) is 66.8 Å². The van der Waals surface area contributed by atoms with Gasteiger partial charge in [0, 0.05) is 42.2 Å². The molecule has 240 valence electrons. The lowest BCUT2D eigenvalue weighted by molar-refractivity contribution is -0.117. The number of nitrogens with one attached hydrogen (secondary N) is 3. The maximum Gasteiger partial charge on any atom is 0.249 e. The molecule has 0 bridgehead atoms. The smallest absolute Gasteiger partial charge is 0.249 e. The van der Waals surface area contributed by atoms with Crippen LogP contribution < -0.4 is 20.1 Å². The number of amides is 1. The van der Waals surface area contributed by atoms with Crippen molar-refractivity contribution in [2.45, 2.75) is 19.4 Å². The molecule has 4 aromatic heterocycles. The van der Waals surface area contributed by atoms with E-state index in [1.54, 1.807) is 58.9 Å². The van der Waals surface area contributed by atoms with Crippen molar-refractivity contribution < 1.29 is 17.9 Å². The van der Waals surface area contributed by atoms with E-state index in [0.717, 1.165) is 35.8 Å². The van der Waals surface area contributed by atoms with Crippen LogP contribution in [0.5, 0.6) is 5.75 Å². The van der Waals surface area contributed by atoms with E-state index in [2.05, 4.69) is 35.6 Å². The standard InChI is InChI=1S/C31H31N11O4S/c1-40-18-32-28(37-40)24-5-4-6-25(27(24)46-2)34-29-26-23(13-14-42(26)38-31(35-29)36-30(43)20-9-10-20)21-15-33-41(17-21)16-19-7-11-22(12-8-19)39-47(3,44)45/h4-8,11-15,17-18,20,39H,9-10,16H2,1-3H3,(H2,34,35,36,38,43). The minimum atomic E-state index is -3.36. The molecule has 47 heavy (non-hydrogen) atoms. The first kappa shape index (κ1) is 29.9. The molecule has 0 aliphatic heterocycles. The van der Waals surface area contributed by atoms with Crippen LogP contribution in [0, 0.1) is 5.92 Å². The number of ether oxygens (including phenoxy) is 1. The molecule has 0 atom stereocenters. The molecule has 1 saturated carbocycles. The Morgan fingerprint density at radius 3 is 2.57 bits per heavy atom. The van der Waals surface area contributed by atoms with E-state index in [4.69, 9.17) is 9.72 Å². The van der Waals surface area contributed by atoms with Crippen LogP contribution in [0.3, 0.4) is 0 Å². The van der Waals surface area contributed by atoms with Gasteiger partial charge in [-0.2, -0.15) is 15.2 Å². The van der Waals surface area contributed by atoms with Crippen LogP contribution in [0.15, 0.2) is 73.4 Å². The Kier molecular flexibility index (Phi) is 7.55. The van der Waals surface area contributed by atoms with Crippen LogP contribution in [0.1, 0.15) is 18.4 Å². The van der Waals surface area contributed by atoms with E-state index in [1.807, 2.05) is 42.6 Å². The highest BCUT2D eigenvalue weighted by molar-refractivity contribution is 7.92. The van der Waals surface area contributed by atoms with Crippen LogP contribution in [0.2, 0.25) is 0 Å². The number of hydrogen-bond donors (Lipinski definition) is 3. The normalized spacial score (nSPS) is 13.1. The first-order valence-electron chi connectivity index (χ1n) is 14.7. The molecule has 16 heteroatoms. The van der Waals surface area contributed by atoms with Gasteiger partial charge in [-0.25, -0.2) is 17.9 Å². The number of methoxy groups -OCH3 is 1. The van der Waals surface area contributed by atoms with Crippen molar-refractivity contribution in [3.63, 3.8) is 0 Å². The van der Waals surface area contributed by atoms with Crippen molar-refractivity contribution in [2.75, 3.05) is 28.7 Å². The molecule has 1 amide bonds. The van der Waals surface area contributed by atoms with Gasteiger partial charge in [-0.05, 0) is 48.7 Å². The fourth-order valence-electron chi connectivity index (χ4n) is 5.25. The van der Waals surface area contributed by atoms with Crippen LogP contribution >= 0.6 is 0 Å². The summed E-state index contributed by atoms with van der Waals surface area (Å²) in [5.74, 6) is 1.52. The van der Waals surface area contributed by atoms with Gasteiger partial charge < -0.3 is 10.1 Å². The predicted molar refractivity (Wildman–Crippen MR) is 176 cm³/mol. The fraction of sp³-hybridized carbons (Fsp3) is 0.226. The summed E-state index contributed by atoms with van der Waals surface area (Å²) in [6.45, 7) is 0.468. The Bertz CT molecular complexity index is 2220. The Morgan fingerprint density at radius 1 is 1.06 bits per heavy atom. The zero-order chi connectivity index (χ0) is 32.7.